The zero-order chi connectivity index (χ0) is 22.5. The minimum absolute atomic E-state index is 0.224. The van der Waals surface area contributed by atoms with Crippen molar-refractivity contribution >= 4 is 16.9 Å². The molecule has 1 atom stereocenters. The summed E-state index contributed by atoms with van der Waals surface area (Å²) in [5.74, 6) is -1.44. The van der Waals surface area contributed by atoms with E-state index in [1.807, 2.05) is 45.0 Å². The average Bonchev–Trinajstić information content (AvgIpc) is 3.06. The highest BCUT2D eigenvalue weighted by molar-refractivity contribution is 5.95. The van der Waals surface area contributed by atoms with E-state index in [1.165, 1.54) is 0 Å². The molecule has 0 spiro atoms. The fraction of sp³-hybridized carbons (Fsp3) is 0.391. The monoisotopic (exact) mass is 426 g/mol. The van der Waals surface area contributed by atoms with Crippen LogP contribution in [0.1, 0.15) is 42.6 Å². The lowest BCUT2D eigenvalue weighted by Crippen LogP contribution is -2.31. The Kier molecular flexibility index (Phi) is 5.05. The molecule has 1 aromatic carbocycles. The molecule has 8 nitrogen and oxygen atoms in total. The van der Waals surface area contributed by atoms with Gasteiger partial charge in [-0.05, 0) is 23.6 Å². The second-order valence-corrected chi connectivity index (χ2v) is 8.86. The van der Waals surface area contributed by atoms with Crippen molar-refractivity contribution in [1.29, 1.82) is 0 Å². The number of H-pyrrole nitrogens is 1. The SMILES string of the molecule is COCCOc1cccc2c1cc1n2C[C@@H](C(C)(C)C)c2c-1[nH]c(=O)c(C(=O)O)c2O. The van der Waals surface area contributed by atoms with Gasteiger partial charge < -0.3 is 29.2 Å². The fourth-order valence-corrected chi connectivity index (χ4v) is 4.35. The van der Waals surface area contributed by atoms with Crippen molar-refractivity contribution in [2.45, 2.75) is 33.2 Å². The predicted molar refractivity (Wildman–Crippen MR) is 116 cm³/mol. The Hall–Kier alpha value is -3.26. The van der Waals surface area contributed by atoms with Gasteiger partial charge in [-0.25, -0.2) is 4.79 Å². The molecule has 3 heterocycles. The maximum absolute atomic E-state index is 12.5. The van der Waals surface area contributed by atoms with E-state index in [1.54, 1.807) is 7.11 Å². The van der Waals surface area contributed by atoms with Gasteiger partial charge in [-0.15, -0.1) is 0 Å². The molecule has 1 aliphatic heterocycles. The first-order valence-corrected chi connectivity index (χ1v) is 10.1. The second kappa shape index (κ2) is 7.46. The molecular weight excluding hydrogens is 400 g/mol. The number of aromatic hydroxyl groups is 1. The molecule has 1 aliphatic rings. The first kappa shape index (κ1) is 21.0. The van der Waals surface area contributed by atoms with E-state index in [-0.39, 0.29) is 11.3 Å². The topological polar surface area (TPSA) is 114 Å². The lowest BCUT2D eigenvalue weighted by atomic mass is 9.73. The van der Waals surface area contributed by atoms with Gasteiger partial charge in [0.15, 0.2) is 5.56 Å². The maximum Gasteiger partial charge on any atom is 0.345 e. The molecular formula is C23H26N2O6. The van der Waals surface area contributed by atoms with Crippen LogP contribution in [0.15, 0.2) is 29.1 Å². The summed E-state index contributed by atoms with van der Waals surface area (Å²) in [6.07, 6.45) is 0. The first-order chi connectivity index (χ1) is 14.6. The van der Waals surface area contributed by atoms with Crippen LogP contribution in [-0.2, 0) is 11.3 Å². The van der Waals surface area contributed by atoms with E-state index in [4.69, 9.17) is 9.47 Å². The van der Waals surface area contributed by atoms with Gasteiger partial charge in [-0.2, -0.15) is 0 Å². The smallest absolute Gasteiger partial charge is 0.345 e. The van der Waals surface area contributed by atoms with Crippen LogP contribution in [0.3, 0.4) is 0 Å². The standard InChI is InChI=1S/C23H26N2O6/c1-23(2,3)13-11-25-14-6-5-7-16(31-9-8-30-4)12(14)10-15(25)19-17(13)20(26)18(22(28)29)21(27)24-19/h5-7,10,13H,8-9,11H2,1-4H3,(H,28,29)(H2,24,26,27)/t13-/m1/s1. The summed E-state index contributed by atoms with van der Waals surface area (Å²) in [5.41, 5.74) is 0.790. The van der Waals surface area contributed by atoms with Crippen molar-refractivity contribution in [3.8, 4) is 22.9 Å². The number of nitrogens with one attached hydrogen (secondary N) is 1. The summed E-state index contributed by atoms with van der Waals surface area (Å²) in [6.45, 7) is 7.47. The number of benzene rings is 1. The van der Waals surface area contributed by atoms with Crippen LogP contribution in [0.2, 0.25) is 0 Å². The third-order valence-electron chi connectivity index (χ3n) is 5.91. The molecule has 3 aromatic rings. The van der Waals surface area contributed by atoms with Crippen molar-refractivity contribution in [2.75, 3.05) is 20.3 Å². The third-order valence-corrected chi connectivity index (χ3v) is 5.91. The molecule has 0 aliphatic carbocycles. The number of carboxylic acid groups (broad SMARTS) is 1. The number of carbonyl (C=O) groups is 1. The Morgan fingerprint density at radius 3 is 2.68 bits per heavy atom. The molecule has 3 N–H and O–H groups in total. The summed E-state index contributed by atoms with van der Waals surface area (Å²) in [7, 11) is 1.61. The van der Waals surface area contributed by atoms with Gasteiger partial charge in [-0.3, -0.25) is 4.79 Å². The zero-order valence-corrected chi connectivity index (χ0v) is 18.0. The van der Waals surface area contributed by atoms with Gasteiger partial charge in [-0.1, -0.05) is 26.8 Å². The number of aromatic amines is 1. The van der Waals surface area contributed by atoms with Crippen LogP contribution < -0.4 is 10.3 Å². The molecule has 0 saturated heterocycles. The molecule has 0 bridgehead atoms. The average molecular weight is 426 g/mol. The molecule has 31 heavy (non-hydrogen) atoms. The normalized spacial score (nSPS) is 15.5. The first-order valence-electron chi connectivity index (χ1n) is 10.1. The molecule has 164 valence electrons. The van der Waals surface area contributed by atoms with E-state index < -0.39 is 22.8 Å². The molecule has 0 saturated carbocycles. The molecule has 0 radical (unpaired) electrons. The number of nitrogens with zero attached hydrogens (tertiary/aromatic N) is 1. The van der Waals surface area contributed by atoms with E-state index in [0.29, 0.717) is 42.5 Å². The largest absolute Gasteiger partial charge is 0.506 e. The summed E-state index contributed by atoms with van der Waals surface area (Å²) >= 11 is 0. The number of rotatable bonds is 5. The maximum atomic E-state index is 12.5. The zero-order valence-electron chi connectivity index (χ0n) is 18.0. The molecule has 8 heteroatoms. The number of ether oxygens (including phenoxy) is 2. The second-order valence-electron chi connectivity index (χ2n) is 8.86. The highest BCUT2D eigenvalue weighted by Crippen LogP contribution is 2.50. The number of fused-ring (bicyclic) bond motifs is 5. The van der Waals surface area contributed by atoms with Crippen LogP contribution >= 0.6 is 0 Å². The Labute approximate surface area is 179 Å². The number of aromatic nitrogens is 2. The highest BCUT2D eigenvalue weighted by Gasteiger charge is 2.39. The number of hydrogen-bond acceptors (Lipinski definition) is 5. The minimum atomic E-state index is -1.45. The predicted octanol–water partition coefficient (Wildman–Crippen LogP) is 3.57. The van der Waals surface area contributed by atoms with Crippen LogP contribution in [-0.4, -0.2) is 46.1 Å². The van der Waals surface area contributed by atoms with Crippen LogP contribution in [0, 0.1) is 5.41 Å². The Balaban J connectivity index is 2.00. The quantitative estimate of drug-likeness (QED) is 0.538. The van der Waals surface area contributed by atoms with Gasteiger partial charge in [0.05, 0.1) is 23.5 Å². The Bertz CT molecular complexity index is 1230. The number of aromatic carboxylic acids is 1. The molecule has 0 unspecified atom stereocenters. The van der Waals surface area contributed by atoms with Crippen LogP contribution in [0.4, 0.5) is 0 Å². The summed E-state index contributed by atoms with van der Waals surface area (Å²) in [4.78, 5) is 26.9. The lowest BCUT2D eigenvalue weighted by Gasteiger charge is -2.37. The molecule has 2 aromatic heterocycles. The summed E-state index contributed by atoms with van der Waals surface area (Å²) < 4.78 is 13.0. The van der Waals surface area contributed by atoms with Crippen molar-refractivity contribution in [3.63, 3.8) is 0 Å². The van der Waals surface area contributed by atoms with Crippen molar-refractivity contribution in [2.24, 2.45) is 5.41 Å². The Morgan fingerprint density at radius 1 is 1.29 bits per heavy atom. The Morgan fingerprint density at radius 2 is 2.03 bits per heavy atom. The van der Waals surface area contributed by atoms with Crippen LogP contribution in [0.25, 0.3) is 22.3 Å². The number of pyridine rings is 1. The summed E-state index contributed by atoms with van der Waals surface area (Å²) in [6, 6.07) is 7.67. The van der Waals surface area contributed by atoms with Gasteiger partial charge in [0, 0.05) is 30.5 Å². The highest BCUT2D eigenvalue weighted by atomic mass is 16.5. The van der Waals surface area contributed by atoms with E-state index in [9.17, 15) is 19.8 Å². The lowest BCUT2D eigenvalue weighted by molar-refractivity contribution is 0.0691. The van der Waals surface area contributed by atoms with E-state index in [0.717, 1.165) is 10.9 Å². The fourth-order valence-electron chi connectivity index (χ4n) is 4.35. The van der Waals surface area contributed by atoms with E-state index in [2.05, 4.69) is 9.55 Å². The van der Waals surface area contributed by atoms with Gasteiger partial charge in [0.25, 0.3) is 5.56 Å². The minimum Gasteiger partial charge on any atom is -0.506 e. The number of hydrogen-bond donors (Lipinski definition) is 3. The van der Waals surface area contributed by atoms with Crippen molar-refractivity contribution < 1.29 is 24.5 Å². The number of methoxy groups -OCH3 is 1. The van der Waals surface area contributed by atoms with E-state index >= 15 is 0 Å². The molecule has 0 fully saturated rings. The van der Waals surface area contributed by atoms with Gasteiger partial charge in [0.1, 0.15) is 18.1 Å². The molecule has 4 rings (SSSR count). The van der Waals surface area contributed by atoms with Crippen molar-refractivity contribution in [3.05, 3.63) is 45.7 Å². The van der Waals surface area contributed by atoms with Crippen molar-refractivity contribution in [1.82, 2.24) is 9.55 Å². The van der Waals surface area contributed by atoms with Gasteiger partial charge in [0.2, 0.25) is 0 Å². The third kappa shape index (κ3) is 3.37. The van der Waals surface area contributed by atoms with Gasteiger partial charge >= 0.3 is 5.97 Å². The van der Waals surface area contributed by atoms with Crippen LogP contribution in [0.5, 0.6) is 11.5 Å². The molecule has 0 amide bonds. The summed E-state index contributed by atoms with van der Waals surface area (Å²) in [5, 5.41) is 21.2. The number of carboxylic acids is 1.